The molecule has 2 rings (SSSR count). The van der Waals surface area contributed by atoms with Gasteiger partial charge in [-0.15, -0.1) is 0 Å². The zero-order chi connectivity index (χ0) is 13.9. The molecule has 0 amide bonds. The van der Waals surface area contributed by atoms with Gasteiger partial charge in [-0.1, -0.05) is 24.3 Å². The maximum absolute atomic E-state index is 10.7. The van der Waals surface area contributed by atoms with E-state index in [0.717, 1.165) is 20.4 Å². The standard InChI is InChI=1S/C16H17IO2/c1-3-19-15-10-6-13(7-11-15)16(2,18)12-4-8-14(17)9-5-12/h4-11,18H,3H2,1-2H3. The number of rotatable bonds is 4. The summed E-state index contributed by atoms with van der Waals surface area (Å²) in [6.07, 6.45) is 0. The summed E-state index contributed by atoms with van der Waals surface area (Å²) in [5.41, 5.74) is 0.754. The quantitative estimate of drug-likeness (QED) is 0.829. The minimum atomic E-state index is -0.991. The first-order chi connectivity index (χ1) is 9.04. The van der Waals surface area contributed by atoms with Crippen LogP contribution in [0, 0.1) is 3.57 Å². The van der Waals surface area contributed by atoms with E-state index in [2.05, 4.69) is 22.6 Å². The molecule has 2 aromatic carbocycles. The lowest BCUT2D eigenvalue weighted by molar-refractivity contribution is 0.102. The molecule has 0 aliphatic carbocycles. The number of ether oxygens (including phenoxy) is 1. The molecule has 0 bridgehead atoms. The second-order valence-electron chi connectivity index (χ2n) is 4.54. The molecular formula is C16H17IO2. The smallest absolute Gasteiger partial charge is 0.119 e. The van der Waals surface area contributed by atoms with Crippen molar-refractivity contribution in [2.75, 3.05) is 6.61 Å². The molecule has 0 radical (unpaired) electrons. The summed E-state index contributed by atoms with van der Waals surface area (Å²) in [6.45, 7) is 4.41. The van der Waals surface area contributed by atoms with Crippen molar-refractivity contribution in [2.24, 2.45) is 0 Å². The Morgan fingerprint density at radius 3 is 1.95 bits per heavy atom. The normalized spacial score (nSPS) is 13.9. The second kappa shape index (κ2) is 5.92. The van der Waals surface area contributed by atoms with Crippen LogP contribution in [0.3, 0.4) is 0 Å². The van der Waals surface area contributed by atoms with Gasteiger partial charge in [0.1, 0.15) is 11.4 Å². The molecule has 3 heteroatoms. The molecule has 19 heavy (non-hydrogen) atoms. The number of hydrogen-bond acceptors (Lipinski definition) is 2. The summed E-state index contributed by atoms with van der Waals surface area (Å²) in [7, 11) is 0. The third-order valence-electron chi connectivity index (χ3n) is 3.13. The van der Waals surface area contributed by atoms with Crippen LogP contribution in [0.4, 0.5) is 0 Å². The minimum Gasteiger partial charge on any atom is -0.494 e. The summed E-state index contributed by atoms with van der Waals surface area (Å²) in [5, 5.41) is 10.7. The van der Waals surface area contributed by atoms with Gasteiger partial charge < -0.3 is 9.84 Å². The highest BCUT2D eigenvalue weighted by Gasteiger charge is 2.25. The molecule has 1 atom stereocenters. The monoisotopic (exact) mass is 368 g/mol. The van der Waals surface area contributed by atoms with Crippen LogP contribution in [0.5, 0.6) is 5.75 Å². The summed E-state index contributed by atoms with van der Waals surface area (Å²) >= 11 is 2.25. The van der Waals surface area contributed by atoms with E-state index >= 15 is 0 Å². The fraction of sp³-hybridized carbons (Fsp3) is 0.250. The third kappa shape index (κ3) is 3.28. The van der Waals surface area contributed by atoms with Gasteiger partial charge >= 0.3 is 0 Å². The van der Waals surface area contributed by atoms with Gasteiger partial charge in [-0.05, 0) is 71.8 Å². The van der Waals surface area contributed by atoms with Crippen molar-refractivity contribution in [1.82, 2.24) is 0 Å². The van der Waals surface area contributed by atoms with E-state index < -0.39 is 5.60 Å². The fourth-order valence-electron chi connectivity index (χ4n) is 1.98. The Morgan fingerprint density at radius 2 is 1.47 bits per heavy atom. The van der Waals surface area contributed by atoms with Crippen LogP contribution in [0.15, 0.2) is 48.5 Å². The van der Waals surface area contributed by atoms with Gasteiger partial charge in [0.15, 0.2) is 0 Å². The van der Waals surface area contributed by atoms with E-state index in [9.17, 15) is 5.11 Å². The average molecular weight is 368 g/mol. The van der Waals surface area contributed by atoms with Crippen LogP contribution >= 0.6 is 22.6 Å². The Bertz CT molecular complexity index is 530. The van der Waals surface area contributed by atoms with Crippen LogP contribution in [0.25, 0.3) is 0 Å². The zero-order valence-corrected chi connectivity index (χ0v) is 13.2. The van der Waals surface area contributed by atoms with Crippen LogP contribution in [0.2, 0.25) is 0 Å². The van der Waals surface area contributed by atoms with Crippen molar-refractivity contribution in [3.05, 3.63) is 63.2 Å². The van der Waals surface area contributed by atoms with E-state index in [-0.39, 0.29) is 0 Å². The molecule has 0 heterocycles. The van der Waals surface area contributed by atoms with Gasteiger partial charge in [-0.2, -0.15) is 0 Å². The molecular weight excluding hydrogens is 351 g/mol. The van der Waals surface area contributed by atoms with Crippen molar-refractivity contribution < 1.29 is 9.84 Å². The van der Waals surface area contributed by atoms with Crippen molar-refractivity contribution in [1.29, 1.82) is 0 Å². The van der Waals surface area contributed by atoms with Gasteiger partial charge in [0, 0.05) is 3.57 Å². The topological polar surface area (TPSA) is 29.5 Å². The van der Waals surface area contributed by atoms with Gasteiger partial charge in [-0.3, -0.25) is 0 Å². The Labute approximate surface area is 127 Å². The number of aliphatic hydroxyl groups is 1. The maximum atomic E-state index is 10.7. The third-order valence-corrected chi connectivity index (χ3v) is 3.85. The van der Waals surface area contributed by atoms with Crippen molar-refractivity contribution >= 4 is 22.6 Å². The zero-order valence-electron chi connectivity index (χ0n) is 11.1. The van der Waals surface area contributed by atoms with E-state index in [1.165, 1.54) is 0 Å². The average Bonchev–Trinajstić information content (AvgIpc) is 2.40. The van der Waals surface area contributed by atoms with Crippen LogP contribution in [-0.2, 0) is 5.60 Å². The molecule has 2 aromatic rings. The molecule has 1 N–H and O–H groups in total. The second-order valence-corrected chi connectivity index (χ2v) is 5.78. The molecule has 0 aliphatic heterocycles. The van der Waals surface area contributed by atoms with E-state index in [1.807, 2.05) is 62.4 Å². The summed E-state index contributed by atoms with van der Waals surface area (Å²) in [5.74, 6) is 0.824. The first-order valence-corrected chi connectivity index (χ1v) is 7.33. The summed E-state index contributed by atoms with van der Waals surface area (Å²) in [4.78, 5) is 0. The van der Waals surface area contributed by atoms with Crippen LogP contribution < -0.4 is 4.74 Å². The first kappa shape index (κ1) is 14.3. The Morgan fingerprint density at radius 1 is 1.00 bits per heavy atom. The van der Waals surface area contributed by atoms with Gasteiger partial charge in [0.05, 0.1) is 6.61 Å². The van der Waals surface area contributed by atoms with Crippen molar-refractivity contribution in [3.63, 3.8) is 0 Å². The number of benzene rings is 2. The highest BCUT2D eigenvalue weighted by molar-refractivity contribution is 14.1. The Hall–Kier alpha value is -1.07. The Balaban J connectivity index is 2.30. The SMILES string of the molecule is CCOc1ccc(C(C)(O)c2ccc(I)cc2)cc1. The van der Waals surface area contributed by atoms with Gasteiger partial charge in [0.2, 0.25) is 0 Å². The number of hydrogen-bond donors (Lipinski definition) is 1. The van der Waals surface area contributed by atoms with Gasteiger partial charge in [0.25, 0.3) is 0 Å². The molecule has 0 spiro atoms. The van der Waals surface area contributed by atoms with Crippen molar-refractivity contribution in [3.8, 4) is 5.75 Å². The molecule has 0 aliphatic rings. The lowest BCUT2D eigenvalue weighted by atomic mass is 9.88. The number of halogens is 1. The molecule has 0 fully saturated rings. The summed E-state index contributed by atoms with van der Waals surface area (Å²) in [6, 6.07) is 15.5. The highest BCUT2D eigenvalue weighted by Crippen LogP contribution is 2.30. The minimum absolute atomic E-state index is 0.646. The molecule has 2 nitrogen and oxygen atoms in total. The van der Waals surface area contributed by atoms with Gasteiger partial charge in [-0.25, -0.2) is 0 Å². The van der Waals surface area contributed by atoms with E-state index in [1.54, 1.807) is 0 Å². The van der Waals surface area contributed by atoms with Crippen molar-refractivity contribution in [2.45, 2.75) is 19.4 Å². The first-order valence-electron chi connectivity index (χ1n) is 6.26. The largest absolute Gasteiger partial charge is 0.494 e. The van der Waals surface area contributed by atoms with Crippen LogP contribution in [-0.4, -0.2) is 11.7 Å². The molecule has 0 saturated carbocycles. The predicted octanol–water partition coefficient (Wildman–Crippen LogP) is 3.95. The summed E-state index contributed by atoms with van der Waals surface area (Å²) < 4.78 is 6.57. The van der Waals surface area contributed by atoms with E-state index in [4.69, 9.17) is 4.74 Å². The maximum Gasteiger partial charge on any atom is 0.119 e. The van der Waals surface area contributed by atoms with Crippen LogP contribution in [0.1, 0.15) is 25.0 Å². The molecule has 100 valence electrons. The lowest BCUT2D eigenvalue weighted by Gasteiger charge is -2.24. The molecule has 0 saturated heterocycles. The predicted molar refractivity (Wildman–Crippen MR) is 85.4 cm³/mol. The molecule has 0 aromatic heterocycles. The Kier molecular flexibility index (Phi) is 4.47. The lowest BCUT2D eigenvalue weighted by Crippen LogP contribution is -2.22. The highest BCUT2D eigenvalue weighted by atomic mass is 127. The van der Waals surface area contributed by atoms with E-state index in [0.29, 0.717) is 6.61 Å². The molecule has 1 unspecified atom stereocenters. The fourth-order valence-corrected chi connectivity index (χ4v) is 2.34.